The second-order valence-electron chi connectivity index (χ2n) is 5.69. The molecule has 1 amide bonds. The van der Waals surface area contributed by atoms with Crippen molar-refractivity contribution in [3.8, 4) is 0 Å². The van der Waals surface area contributed by atoms with Crippen molar-refractivity contribution in [1.29, 1.82) is 0 Å². The van der Waals surface area contributed by atoms with Crippen LogP contribution < -0.4 is 0 Å². The van der Waals surface area contributed by atoms with Gasteiger partial charge in [0.05, 0.1) is 18.5 Å². The van der Waals surface area contributed by atoms with Gasteiger partial charge < -0.3 is 9.64 Å². The van der Waals surface area contributed by atoms with Gasteiger partial charge in [-0.15, -0.1) is 0 Å². The number of esters is 1. The van der Waals surface area contributed by atoms with Crippen molar-refractivity contribution in [3.63, 3.8) is 0 Å². The van der Waals surface area contributed by atoms with E-state index in [1.165, 1.54) is 31.4 Å². The van der Waals surface area contributed by atoms with E-state index in [9.17, 15) is 19.7 Å². The summed E-state index contributed by atoms with van der Waals surface area (Å²) >= 11 is 0. The zero-order valence-corrected chi connectivity index (χ0v) is 14.1. The molecular formula is C17H22N2O5. The first kappa shape index (κ1) is 19.3. The predicted octanol–water partition coefficient (Wildman–Crippen LogP) is 2.66. The molecule has 0 radical (unpaired) electrons. The Bertz CT molecular complexity index is 625. The molecule has 1 rings (SSSR count). The van der Waals surface area contributed by atoms with E-state index in [4.69, 9.17) is 0 Å². The Kier molecular flexibility index (Phi) is 7.61. The van der Waals surface area contributed by atoms with Crippen LogP contribution in [0.2, 0.25) is 0 Å². The van der Waals surface area contributed by atoms with Crippen molar-refractivity contribution in [2.75, 3.05) is 20.2 Å². The molecule has 0 unspecified atom stereocenters. The molecule has 0 N–H and O–H groups in total. The number of hydrogen-bond acceptors (Lipinski definition) is 5. The summed E-state index contributed by atoms with van der Waals surface area (Å²) in [6.07, 6.45) is 3.01. The molecule has 0 aliphatic rings. The lowest BCUT2D eigenvalue weighted by Crippen LogP contribution is -2.34. The molecule has 0 spiro atoms. The predicted molar refractivity (Wildman–Crippen MR) is 90.2 cm³/mol. The molecule has 0 aromatic heterocycles. The largest absolute Gasteiger partial charge is 0.469 e. The summed E-state index contributed by atoms with van der Waals surface area (Å²) in [6.45, 7) is 4.73. The minimum absolute atomic E-state index is 0.0330. The molecule has 0 aliphatic heterocycles. The summed E-state index contributed by atoms with van der Waals surface area (Å²) < 4.78 is 4.59. The molecule has 7 nitrogen and oxygen atoms in total. The number of carbonyl (C=O) groups is 2. The van der Waals surface area contributed by atoms with Crippen LogP contribution in [0, 0.1) is 16.0 Å². The van der Waals surface area contributed by atoms with Crippen LogP contribution in [0.15, 0.2) is 30.3 Å². The molecule has 0 saturated heterocycles. The van der Waals surface area contributed by atoms with Crippen molar-refractivity contribution in [1.82, 2.24) is 4.90 Å². The maximum absolute atomic E-state index is 12.3. The number of ether oxygens (including phenoxy) is 1. The van der Waals surface area contributed by atoms with Crippen LogP contribution in [0.1, 0.15) is 25.8 Å². The third-order valence-corrected chi connectivity index (χ3v) is 3.21. The summed E-state index contributed by atoms with van der Waals surface area (Å²) in [5, 5.41) is 10.8. The van der Waals surface area contributed by atoms with Gasteiger partial charge in [0.2, 0.25) is 5.91 Å². The number of nitrogens with zero attached hydrogens (tertiary/aromatic N) is 2. The van der Waals surface area contributed by atoms with Gasteiger partial charge in [-0.25, -0.2) is 0 Å². The smallest absolute Gasteiger partial charge is 0.307 e. The fourth-order valence-electron chi connectivity index (χ4n) is 2.08. The van der Waals surface area contributed by atoms with Crippen LogP contribution in [0.4, 0.5) is 5.69 Å². The van der Waals surface area contributed by atoms with Gasteiger partial charge in [-0.1, -0.05) is 26.0 Å². The molecule has 0 fully saturated rings. The number of methoxy groups -OCH3 is 1. The molecule has 1 aromatic carbocycles. The number of hydrogen-bond donors (Lipinski definition) is 0. The molecule has 0 saturated carbocycles. The summed E-state index contributed by atoms with van der Waals surface area (Å²) in [7, 11) is 1.30. The maximum atomic E-state index is 12.3. The van der Waals surface area contributed by atoms with Crippen LogP contribution in [0.3, 0.4) is 0 Å². The van der Waals surface area contributed by atoms with E-state index in [2.05, 4.69) is 4.74 Å². The lowest BCUT2D eigenvalue weighted by Gasteiger charge is -2.22. The Balaban J connectivity index is 2.80. The minimum atomic E-state index is -0.486. The van der Waals surface area contributed by atoms with Crippen LogP contribution in [-0.2, 0) is 14.3 Å². The van der Waals surface area contributed by atoms with Crippen LogP contribution in [-0.4, -0.2) is 41.9 Å². The summed E-state index contributed by atoms with van der Waals surface area (Å²) in [5.41, 5.74) is 0.532. The van der Waals surface area contributed by atoms with Gasteiger partial charge in [-0.2, -0.15) is 0 Å². The van der Waals surface area contributed by atoms with Gasteiger partial charge >= 0.3 is 5.97 Å². The molecule has 0 aliphatic carbocycles. The van der Waals surface area contributed by atoms with E-state index in [0.717, 1.165) is 0 Å². The minimum Gasteiger partial charge on any atom is -0.469 e. The zero-order chi connectivity index (χ0) is 18.1. The average molecular weight is 334 g/mol. The van der Waals surface area contributed by atoms with Gasteiger partial charge in [0.15, 0.2) is 0 Å². The number of nitro groups is 1. The van der Waals surface area contributed by atoms with Gasteiger partial charge in [-0.05, 0) is 17.6 Å². The van der Waals surface area contributed by atoms with E-state index in [-0.39, 0.29) is 36.4 Å². The Hall–Kier alpha value is -2.70. The molecule has 0 heterocycles. The maximum Gasteiger partial charge on any atom is 0.307 e. The van der Waals surface area contributed by atoms with Crippen molar-refractivity contribution >= 4 is 23.6 Å². The Labute approximate surface area is 141 Å². The van der Waals surface area contributed by atoms with Crippen molar-refractivity contribution < 1.29 is 19.2 Å². The molecule has 7 heteroatoms. The van der Waals surface area contributed by atoms with Crippen LogP contribution in [0.5, 0.6) is 0 Å². The fraction of sp³-hybridized carbons (Fsp3) is 0.412. The molecule has 0 bridgehead atoms. The fourth-order valence-corrected chi connectivity index (χ4v) is 2.08. The summed E-state index contributed by atoms with van der Waals surface area (Å²) in [4.78, 5) is 35.4. The van der Waals surface area contributed by atoms with E-state index >= 15 is 0 Å². The van der Waals surface area contributed by atoms with Crippen molar-refractivity contribution in [2.24, 2.45) is 5.92 Å². The summed E-state index contributed by atoms with van der Waals surface area (Å²) in [5.74, 6) is -0.379. The van der Waals surface area contributed by atoms with E-state index in [1.807, 2.05) is 13.8 Å². The highest BCUT2D eigenvalue weighted by Crippen LogP contribution is 2.14. The van der Waals surface area contributed by atoms with Crippen molar-refractivity contribution in [2.45, 2.75) is 20.3 Å². The second kappa shape index (κ2) is 9.44. The lowest BCUT2D eigenvalue weighted by molar-refractivity contribution is -0.384. The first-order chi connectivity index (χ1) is 11.3. The van der Waals surface area contributed by atoms with Gasteiger partial charge in [0, 0.05) is 31.3 Å². The molecule has 24 heavy (non-hydrogen) atoms. The Morgan fingerprint density at radius 3 is 2.67 bits per heavy atom. The van der Waals surface area contributed by atoms with Gasteiger partial charge in [0.1, 0.15) is 0 Å². The standard InChI is InChI=1S/C17H22N2O5/c1-13(2)12-18(10-9-17(21)24-3)16(20)8-7-14-5-4-6-15(11-14)19(22)23/h4-8,11,13H,9-10,12H2,1-3H3/b8-7+. The van der Waals surface area contributed by atoms with Crippen LogP contribution in [0.25, 0.3) is 6.08 Å². The normalized spacial score (nSPS) is 10.8. The topological polar surface area (TPSA) is 89.8 Å². The zero-order valence-electron chi connectivity index (χ0n) is 14.1. The second-order valence-corrected chi connectivity index (χ2v) is 5.69. The molecular weight excluding hydrogens is 312 g/mol. The first-order valence-electron chi connectivity index (χ1n) is 7.61. The number of rotatable bonds is 8. The summed E-state index contributed by atoms with van der Waals surface area (Å²) in [6, 6.07) is 6.02. The molecule has 1 aromatic rings. The number of amides is 1. The van der Waals surface area contributed by atoms with Gasteiger partial charge in [0.25, 0.3) is 5.69 Å². The number of benzene rings is 1. The first-order valence-corrected chi connectivity index (χ1v) is 7.61. The van der Waals surface area contributed by atoms with E-state index in [1.54, 1.807) is 17.0 Å². The quantitative estimate of drug-likeness (QED) is 0.315. The van der Waals surface area contributed by atoms with Gasteiger partial charge in [-0.3, -0.25) is 19.7 Å². The highest BCUT2D eigenvalue weighted by Gasteiger charge is 2.14. The number of nitro benzene ring substituents is 1. The van der Waals surface area contributed by atoms with Crippen molar-refractivity contribution in [3.05, 3.63) is 46.0 Å². The number of non-ortho nitro benzene ring substituents is 1. The monoisotopic (exact) mass is 334 g/mol. The molecule has 0 atom stereocenters. The third-order valence-electron chi connectivity index (χ3n) is 3.21. The van der Waals surface area contributed by atoms with E-state index in [0.29, 0.717) is 12.1 Å². The SMILES string of the molecule is COC(=O)CCN(CC(C)C)C(=O)/C=C/c1cccc([N+](=O)[O-])c1. The average Bonchev–Trinajstić information content (AvgIpc) is 2.55. The third kappa shape index (κ3) is 6.60. The Morgan fingerprint density at radius 1 is 1.38 bits per heavy atom. The lowest BCUT2D eigenvalue weighted by atomic mass is 10.1. The Morgan fingerprint density at radius 2 is 2.08 bits per heavy atom. The highest BCUT2D eigenvalue weighted by atomic mass is 16.6. The highest BCUT2D eigenvalue weighted by molar-refractivity contribution is 5.92. The van der Waals surface area contributed by atoms with E-state index < -0.39 is 4.92 Å². The van der Waals surface area contributed by atoms with Crippen LogP contribution >= 0.6 is 0 Å². The molecule has 130 valence electrons. The number of carbonyl (C=O) groups excluding carboxylic acids is 2.